The monoisotopic (exact) mass is 210 g/mol. The summed E-state index contributed by atoms with van der Waals surface area (Å²) in [4.78, 5) is 13.9. The summed E-state index contributed by atoms with van der Waals surface area (Å²) in [7, 11) is 0. The lowest BCUT2D eigenvalue weighted by Crippen LogP contribution is -2.33. The molecular weight excluding hydrogens is 188 g/mol. The molecule has 0 aromatic heterocycles. The molecule has 0 unspecified atom stereocenters. The quantitative estimate of drug-likeness (QED) is 0.692. The first kappa shape index (κ1) is 12.4. The van der Waals surface area contributed by atoms with Crippen molar-refractivity contribution in [3.8, 4) is 0 Å². The maximum absolute atomic E-state index is 11.6. The number of carbonyl (C=O) groups excluding carboxylic acids is 1. The molecule has 1 rings (SSSR count). The SMILES string of the molecule is C=C(C)CCC(=O)CN1CCCNCC1. The van der Waals surface area contributed by atoms with Gasteiger partial charge < -0.3 is 5.32 Å². The number of hydrogen-bond acceptors (Lipinski definition) is 3. The number of hydrogen-bond donors (Lipinski definition) is 1. The van der Waals surface area contributed by atoms with Crippen LogP contribution in [0.5, 0.6) is 0 Å². The van der Waals surface area contributed by atoms with E-state index in [1.165, 1.54) is 0 Å². The van der Waals surface area contributed by atoms with E-state index >= 15 is 0 Å². The van der Waals surface area contributed by atoms with Crippen LogP contribution in [0.3, 0.4) is 0 Å². The van der Waals surface area contributed by atoms with Crippen LogP contribution in [0.15, 0.2) is 12.2 Å². The van der Waals surface area contributed by atoms with Gasteiger partial charge in [0.05, 0.1) is 6.54 Å². The Balaban J connectivity index is 2.20. The van der Waals surface area contributed by atoms with Gasteiger partial charge in [-0.3, -0.25) is 9.69 Å². The molecule has 0 radical (unpaired) electrons. The van der Waals surface area contributed by atoms with Gasteiger partial charge in [-0.25, -0.2) is 0 Å². The number of carbonyl (C=O) groups is 1. The number of rotatable bonds is 5. The van der Waals surface area contributed by atoms with Crippen molar-refractivity contribution in [3.63, 3.8) is 0 Å². The third-order valence-corrected chi connectivity index (χ3v) is 2.66. The van der Waals surface area contributed by atoms with E-state index in [0.29, 0.717) is 18.7 Å². The Morgan fingerprint density at radius 1 is 1.33 bits per heavy atom. The normalized spacial score (nSPS) is 18.5. The Labute approximate surface area is 92.5 Å². The number of ketones is 1. The molecule has 0 atom stereocenters. The predicted molar refractivity (Wildman–Crippen MR) is 63.0 cm³/mol. The average molecular weight is 210 g/mol. The summed E-state index contributed by atoms with van der Waals surface area (Å²) in [6.07, 6.45) is 2.64. The standard InChI is InChI=1S/C12H22N2O/c1-11(2)4-5-12(15)10-14-8-3-6-13-7-9-14/h13H,1,3-10H2,2H3. The number of nitrogens with one attached hydrogen (secondary N) is 1. The van der Waals surface area contributed by atoms with Crippen molar-refractivity contribution in [3.05, 3.63) is 12.2 Å². The summed E-state index contributed by atoms with van der Waals surface area (Å²) in [5.41, 5.74) is 1.10. The van der Waals surface area contributed by atoms with Gasteiger partial charge in [-0.05, 0) is 32.9 Å². The third-order valence-electron chi connectivity index (χ3n) is 2.66. The van der Waals surface area contributed by atoms with Gasteiger partial charge in [0, 0.05) is 19.5 Å². The minimum Gasteiger partial charge on any atom is -0.315 e. The maximum atomic E-state index is 11.6. The fraction of sp³-hybridized carbons (Fsp3) is 0.750. The van der Waals surface area contributed by atoms with Crippen molar-refractivity contribution >= 4 is 5.78 Å². The molecule has 1 aliphatic heterocycles. The Kier molecular flexibility index (Phi) is 5.58. The first-order valence-corrected chi connectivity index (χ1v) is 5.77. The molecule has 0 spiro atoms. The molecule has 1 aliphatic rings. The lowest BCUT2D eigenvalue weighted by atomic mass is 10.1. The molecular formula is C12H22N2O. The van der Waals surface area contributed by atoms with Crippen LogP contribution in [-0.2, 0) is 4.79 Å². The zero-order valence-electron chi connectivity index (χ0n) is 9.72. The van der Waals surface area contributed by atoms with E-state index in [1.54, 1.807) is 0 Å². The van der Waals surface area contributed by atoms with Gasteiger partial charge in [0.25, 0.3) is 0 Å². The van der Waals surface area contributed by atoms with Gasteiger partial charge >= 0.3 is 0 Å². The number of allylic oxidation sites excluding steroid dienone is 1. The topological polar surface area (TPSA) is 32.3 Å². The van der Waals surface area contributed by atoms with Crippen molar-refractivity contribution in [1.82, 2.24) is 10.2 Å². The van der Waals surface area contributed by atoms with E-state index in [0.717, 1.165) is 44.6 Å². The Hall–Kier alpha value is -0.670. The molecule has 0 aromatic carbocycles. The second-order valence-corrected chi connectivity index (χ2v) is 4.38. The van der Waals surface area contributed by atoms with E-state index in [9.17, 15) is 4.79 Å². The van der Waals surface area contributed by atoms with Crippen LogP contribution in [0, 0.1) is 0 Å². The van der Waals surface area contributed by atoms with Crippen LogP contribution in [0.1, 0.15) is 26.2 Å². The first-order valence-electron chi connectivity index (χ1n) is 5.77. The first-order chi connectivity index (χ1) is 7.18. The smallest absolute Gasteiger partial charge is 0.147 e. The third kappa shape index (κ3) is 5.70. The summed E-state index contributed by atoms with van der Waals surface area (Å²) in [6, 6.07) is 0. The lowest BCUT2D eigenvalue weighted by Gasteiger charge is -2.18. The predicted octanol–water partition coefficient (Wildman–Crippen LogP) is 1.21. The van der Waals surface area contributed by atoms with E-state index in [1.807, 2.05) is 6.92 Å². The van der Waals surface area contributed by atoms with Crippen molar-refractivity contribution in [2.24, 2.45) is 0 Å². The highest BCUT2D eigenvalue weighted by atomic mass is 16.1. The number of Topliss-reactive ketones (excluding diaryl/α,β-unsaturated/α-hetero) is 1. The van der Waals surface area contributed by atoms with Gasteiger partial charge in [-0.1, -0.05) is 5.57 Å². The molecule has 1 fully saturated rings. The summed E-state index contributed by atoms with van der Waals surface area (Å²) < 4.78 is 0. The fourth-order valence-corrected chi connectivity index (χ4v) is 1.74. The molecule has 1 saturated heterocycles. The number of nitrogens with zero attached hydrogens (tertiary/aromatic N) is 1. The minimum absolute atomic E-state index is 0.347. The zero-order valence-corrected chi connectivity index (χ0v) is 9.72. The maximum Gasteiger partial charge on any atom is 0.147 e. The van der Waals surface area contributed by atoms with Gasteiger partial charge in [0.1, 0.15) is 5.78 Å². The highest BCUT2D eigenvalue weighted by Gasteiger charge is 2.12. The molecule has 15 heavy (non-hydrogen) atoms. The van der Waals surface area contributed by atoms with Crippen LogP contribution >= 0.6 is 0 Å². The zero-order chi connectivity index (χ0) is 11.1. The molecule has 0 saturated carbocycles. The molecule has 1 heterocycles. The molecule has 0 bridgehead atoms. The Bertz CT molecular complexity index is 218. The minimum atomic E-state index is 0.347. The van der Waals surface area contributed by atoms with E-state index in [2.05, 4.69) is 16.8 Å². The Morgan fingerprint density at radius 3 is 2.87 bits per heavy atom. The molecule has 3 nitrogen and oxygen atoms in total. The van der Waals surface area contributed by atoms with Crippen LogP contribution in [-0.4, -0.2) is 43.4 Å². The summed E-state index contributed by atoms with van der Waals surface area (Å²) in [5.74, 6) is 0.347. The van der Waals surface area contributed by atoms with Crippen molar-refractivity contribution in [1.29, 1.82) is 0 Å². The largest absolute Gasteiger partial charge is 0.315 e. The van der Waals surface area contributed by atoms with Crippen molar-refractivity contribution in [2.75, 3.05) is 32.7 Å². The van der Waals surface area contributed by atoms with Crippen molar-refractivity contribution in [2.45, 2.75) is 26.2 Å². The van der Waals surface area contributed by atoms with Crippen LogP contribution in [0.25, 0.3) is 0 Å². The molecule has 0 amide bonds. The fourth-order valence-electron chi connectivity index (χ4n) is 1.74. The molecule has 3 heteroatoms. The average Bonchev–Trinajstić information content (AvgIpc) is 2.43. The summed E-state index contributed by atoms with van der Waals surface area (Å²) in [5, 5.41) is 3.33. The van der Waals surface area contributed by atoms with Gasteiger partial charge in [-0.15, -0.1) is 6.58 Å². The summed E-state index contributed by atoms with van der Waals surface area (Å²) >= 11 is 0. The molecule has 0 aliphatic carbocycles. The molecule has 86 valence electrons. The highest BCUT2D eigenvalue weighted by Crippen LogP contribution is 2.03. The molecule has 0 aromatic rings. The highest BCUT2D eigenvalue weighted by molar-refractivity contribution is 5.80. The van der Waals surface area contributed by atoms with Gasteiger partial charge in [0.2, 0.25) is 0 Å². The van der Waals surface area contributed by atoms with Crippen LogP contribution in [0.2, 0.25) is 0 Å². The van der Waals surface area contributed by atoms with Crippen LogP contribution in [0.4, 0.5) is 0 Å². The lowest BCUT2D eigenvalue weighted by molar-refractivity contribution is -0.120. The van der Waals surface area contributed by atoms with E-state index < -0.39 is 0 Å². The second-order valence-electron chi connectivity index (χ2n) is 4.38. The van der Waals surface area contributed by atoms with E-state index in [4.69, 9.17) is 0 Å². The van der Waals surface area contributed by atoms with Crippen LogP contribution < -0.4 is 5.32 Å². The van der Waals surface area contributed by atoms with Gasteiger partial charge in [0.15, 0.2) is 0 Å². The van der Waals surface area contributed by atoms with Gasteiger partial charge in [-0.2, -0.15) is 0 Å². The Morgan fingerprint density at radius 2 is 2.13 bits per heavy atom. The second kappa shape index (κ2) is 6.75. The molecule has 1 N–H and O–H groups in total. The summed E-state index contributed by atoms with van der Waals surface area (Å²) in [6.45, 7) is 10.5. The van der Waals surface area contributed by atoms with Crippen molar-refractivity contribution < 1.29 is 4.79 Å². The van der Waals surface area contributed by atoms with E-state index in [-0.39, 0.29) is 0 Å².